The Labute approximate surface area is 172 Å². The Morgan fingerprint density at radius 2 is 2.14 bits per heavy atom. The SMILES string of the molecule is Cc1ccc([N+](=O)[O-])cc1NC(=O)C[NH+]1CCCC[C@H]1c1nc2ccccc2s1. The average molecular weight is 412 g/mol. The van der Waals surface area contributed by atoms with E-state index in [1.54, 1.807) is 17.4 Å². The van der Waals surface area contributed by atoms with Gasteiger partial charge in [-0.1, -0.05) is 18.2 Å². The minimum absolute atomic E-state index is 0.0245. The molecule has 1 saturated heterocycles. The Morgan fingerprint density at radius 1 is 1.31 bits per heavy atom. The number of nitrogens with zero attached hydrogens (tertiary/aromatic N) is 2. The van der Waals surface area contributed by atoms with Crippen molar-refractivity contribution in [1.82, 2.24) is 4.98 Å². The van der Waals surface area contributed by atoms with E-state index in [-0.39, 0.29) is 17.6 Å². The Hall–Kier alpha value is -2.84. The number of thiazole rings is 1. The standard InChI is InChI=1S/C21H22N4O3S/c1-14-9-10-15(25(27)28)12-17(14)22-20(26)13-24-11-5-4-7-18(24)21-23-16-6-2-3-8-19(16)29-21/h2-3,6,8-10,12,18H,4-5,7,11,13H2,1H3,(H,22,26)/p+1/t18-/m0/s1. The van der Waals surface area contributed by atoms with Crippen LogP contribution in [0.2, 0.25) is 0 Å². The molecule has 4 rings (SSSR count). The molecule has 2 N–H and O–H groups in total. The fraction of sp³-hybridized carbons (Fsp3) is 0.333. The van der Waals surface area contributed by atoms with E-state index in [0.29, 0.717) is 12.2 Å². The van der Waals surface area contributed by atoms with Crippen molar-refractivity contribution in [2.24, 2.45) is 0 Å². The summed E-state index contributed by atoms with van der Waals surface area (Å²) in [6.45, 7) is 3.07. The number of carbonyl (C=O) groups is 1. The topological polar surface area (TPSA) is 89.6 Å². The van der Waals surface area contributed by atoms with Gasteiger partial charge in [-0.15, -0.1) is 11.3 Å². The molecule has 2 atom stereocenters. The van der Waals surface area contributed by atoms with Crippen molar-refractivity contribution < 1.29 is 14.6 Å². The van der Waals surface area contributed by atoms with Crippen LogP contribution in [-0.4, -0.2) is 28.9 Å². The third kappa shape index (κ3) is 4.28. The zero-order chi connectivity index (χ0) is 20.4. The molecule has 0 spiro atoms. The average Bonchev–Trinajstić information content (AvgIpc) is 3.14. The predicted molar refractivity (Wildman–Crippen MR) is 113 cm³/mol. The van der Waals surface area contributed by atoms with Crippen LogP contribution < -0.4 is 10.2 Å². The highest BCUT2D eigenvalue weighted by molar-refractivity contribution is 7.18. The molecule has 3 aromatic rings. The second-order valence-electron chi connectivity index (χ2n) is 7.46. The summed E-state index contributed by atoms with van der Waals surface area (Å²) >= 11 is 1.71. The molecule has 1 amide bonds. The van der Waals surface area contributed by atoms with Gasteiger partial charge in [-0.25, -0.2) is 4.98 Å². The van der Waals surface area contributed by atoms with Gasteiger partial charge in [-0.2, -0.15) is 0 Å². The van der Waals surface area contributed by atoms with Crippen LogP contribution >= 0.6 is 11.3 Å². The van der Waals surface area contributed by atoms with Crippen LogP contribution in [0.4, 0.5) is 11.4 Å². The van der Waals surface area contributed by atoms with E-state index in [1.807, 2.05) is 25.1 Å². The predicted octanol–water partition coefficient (Wildman–Crippen LogP) is 3.26. The first-order valence-electron chi connectivity index (χ1n) is 9.76. The van der Waals surface area contributed by atoms with Crippen molar-refractivity contribution in [3.8, 4) is 0 Å². The van der Waals surface area contributed by atoms with E-state index in [9.17, 15) is 14.9 Å². The zero-order valence-electron chi connectivity index (χ0n) is 16.2. The van der Waals surface area contributed by atoms with Gasteiger partial charge in [0.2, 0.25) is 0 Å². The molecule has 1 unspecified atom stereocenters. The van der Waals surface area contributed by atoms with Gasteiger partial charge in [0, 0.05) is 18.6 Å². The Bertz CT molecular complexity index is 1030. The van der Waals surface area contributed by atoms with Gasteiger partial charge >= 0.3 is 0 Å². The van der Waals surface area contributed by atoms with Crippen LogP contribution in [0.15, 0.2) is 42.5 Å². The van der Waals surface area contributed by atoms with Gasteiger partial charge in [0.1, 0.15) is 6.04 Å². The van der Waals surface area contributed by atoms with Crippen LogP contribution in [0.25, 0.3) is 10.2 Å². The largest absolute Gasteiger partial charge is 0.321 e. The number of rotatable bonds is 5. The highest BCUT2D eigenvalue weighted by Crippen LogP contribution is 2.28. The molecule has 2 aromatic carbocycles. The summed E-state index contributed by atoms with van der Waals surface area (Å²) in [6, 6.07) is 12.8. The van der Waals surface area contributed by atoms with Gasteiger partial charge < -0.3 is 10.2 Å². The van der Waals surface area contributed by atoms with Crippen LogP contribution in [0.1, 0.15) is 35.9 Å². The van der Waals surface area contributed by atoms with Crippen LogP contribution in [0, 0.1) is 17.0 Å². The summed E-state index contributed by atoms with van der Waals surface area (Å²) < 4.78 is 1.17. The quantitative estimate of drug-likeness (QED) is 0.498. The van der Waals surface area contributed by atoms with Crippen molar-refractivity contribution in [2.75, 3.05) is 18.4 Å². The summed E-state index contributed by atoms with van der Waals surface area (Å²) in [7, 11) is 0. The number of hydrogen-bond acceptors (Lipinski definition) is 5. The number of para-hydroxylation sites is 1. The number of fused-ring (bicyclic) bond motifs is 1. The molecule has 1 aliphatic rings. The lowest BCUT2D eigenvalue weighted by atomic mass is 10.0. The molecule has 2 heterocycles. The third-order valence-corrected chi connectivity index (χ3v) is 6.59. The number of piperidine rings is 1. The zero-order valence-corrected chi connectivity index (χ0v) is 17.0. The molecule has 0 bridgehead atoms. The van der Waals surface area contributed by atoms with E-state index in [4.69, 9.17) is 4.98 Å². The van der Waals surface area contributed by atoms with Gasteiger partial charge in [0.25, 0.3) is 11.6 Å². The van der Waals surface area contributed by atoms with Gasteiger partial charge in [0.15, 0.2) is 11.6 Å². The molecule has 8 heteroatoms. The van der Waals surface area contributed by atoms with E-state index in [0.717, 1.165) is 41.9 Å². The number of nitrogens with one attached hydrogen (secondary N) is 2. The highest BCUT2D eigenvalue weighted by Gasteiger charge is 2.32. The normalized spacial score (nSPS) is 19.2. The number of aromatic nitrogens is 1. The minimum atomic E-state index is -0.450. The molecule has 1 aliphatic heterocycles. The molecule has 150 valence electrons. The number of hydrogen-bond donors (Lipinski definition) is 2. The van der Waals surface area contributed by atoms with Gasteiger partial charge in [-0.3, -0.25) is 14.9 Å². The molecule has 7 nitrogen and oxygen atoms in total. The third-order valence-electron chi connectivity index (χ3n) is 5.44. The molecule has 29 heavy (non-hydrogen) atoms. The summed E-state index contributed by atoms with van der Waals surface area (Å²) in [6.07, 6.45) is 3.23. The first-order chi connectivity index (χ1) is 14.0. The van der Waals surface area contributed by atoms with E-state index in [2.05, 4.69) is 11.4 Å². The minimum Gasteiger partial charge on any atom is -0.321 e. The number of carbonyl (C=O) groups excluding carboxylic acids is 1. The lowest BCUT2D eigenvalue weighted by Gasteiger charge is -2.30. The first-order valence-corrected chi connectivity index (χ1v) is 10.6. The number of nitro groups is 1. The van der Waals surface area contributed by atoms with Gasteiger partial charge in [-0.05, 0) is 37.5 Å². The Balaban J connectivity index is 1.50. The maximum Gasteiger partial charge on any atom is 0.279 e. The number of anilines is 1. The maximum absolute atomic E-state index is 12.7. The maximum atomic E-state index is 12.7. The second-order valence-corrected chi connectivity index (χ2v) is 8.52. The van der Waals surface area contributed by atoms with E-state index < -0.39 is 4.92 Å². The Kier molecular flexibility index (Phi) is 5.55. The van der Waals surface area contributed by atoms with Crippen molar-refractivity contribution in [3.63, 3.8) is 0 Å². The molecule has 0 radical (unpaired) electrons. The number of quaternary nitrogens is 1. The summed E-state index contributed by atoms with van der Waals surface area (Å²) in [5, 5.41) is 15.0. The van der Waals surface area contributed by atoms with Crippen molar-refractivity contribution in [3.05, 3.63) is 63.1 Å². The number of amides is 1. The van der Waals surface area contributed by atoms with Crippen molar-refractivity contribution in [1.29, 1.82) is 0 Å². The summed E-state index contributed by atoms with van der Waals surface area (Å²) in [5.41, 5.74) is 2.29. The monoisotopic (exact) mass is 411 g/mol. The van der Waals surface area contributed by atoms with E-state index in [1.165, 1.54) is 21.7 Å². The molecule has 0 saturated carbocycles. The van der Waals surface area contributed by atoms with Crippen molar-refractivity contribution in [2.45, 2.75) is 32.2 Å². The Morgan fingerprint density at radius 3 is 2.93 bits per heavy atom. The first kappa shape index (κ1) is 19.5. The number of aryl methyl sites for hydroxylation is 1. The molecule has 0 aliphatic carbocycles. The lowest BCUT2D eigenvalue weighted by molar-refractivity contribution is -0.929. The molecule has 1 fully saturated rings. The molecular weight excluding hydrogens is 388 g/mol. The van der Waals surface area contributed by atoms with Gasteiger partial charge in [0.05, 0.1) is 27.4 Å². The lowest BCUT2D eigenvalue weighted by Crippen LogP contribution is -3.14. The second kappa shape index (κ2) is 8.26. The fourth-order valence-electron chi connectivity index (χ4n) is 3.89. The number of nitro benzene ring substituents is 1. The fourth-order valence-corrected chi connectivity index (χ4v) is 5.05. The number of non-ortho nitro benzene ring substituents is 1. The smallest absolute Gasteiger partial charge is 0.279 e. The number of likely N-dealkylation sites (tertiary alicyclic amines) is 1. The number of benzene rings is 2. The molecular formula is C21H23N4O3S+. The van der Waals surface area contributed by atoms with Crippen LogP contribution in [-0.2, 0) is 4.79 Å². The van der Waals surface area contributed by atoms with Crippen LogP contribution in [0.5, 0.6) is 0 Å². The van der Waals surface area contributed by atoms with Crippen molar-refractivity contribution >= 4 is 38.8 Å². The van der Waals surface area contributed by atoms with E-state index >= 15 is 0 Å². The summed E-state index contributed by atoms with van der Waals surface area (Å²) in [4.78, 5) is 29.3. The highest BCUT2D eigenvalue weighted by atomic mass is 32.1. The molecule has 1 aromatic heterocycles. The summed E-state index contributed by atoms with van der Waals surface area (Å²) in [5.74, 6) is -0.128. The van der Waals surface area contributed by atoms with Crippen LogP contribution in [0.3, 0.4) is 0 Å².